The summed E-state index contributed by atoms with van der Waals surface area (Å²) in [5, 5.41) is 4.12. The van der Waals surface area contributed by atoms with Crippen LogP contribution in [0.25, 0.3) is 0 Å². The van der Waals surface area contributed by atoms with Crippen molar-refractivity contribution >= 4 is 27.3 Å². The summed E-state index contributed by atoms with van der Waals surface area (Å²) < 4.78 is 67.5. The van der Waals surface area contributed by atoms with Crippen molar-refractivity contribution in [2.45, 2.75) is 24.0 Å². The minimum Gasteiger partial charge on any atom is -0.305 e. The predicted octanol–water partition coefficient (Wildman–Crippen LogP) is 3.32. The number of alkyl halides is 3. The SMILES string of the molecule is C[C@H]1CN(c2ccc(C(F)(F)F)cc2)C(=O)c2c(NS(=O)(=O)c3cccnc3)cnn21. The van der Waals surface area contributed by atoms with Gasteiger partial charge < -0.3 is 4.90 Å². The van der Waals surface area contributed by atoms with Gasteiger partial charge in [-0.15, -0.1) is 0 Å². The summed E-state index contributed by atoms with van der Waals surface area (Å²) in [7, 11) is -4.02. The first kappa shape index (κ1) is 20.8. The average molecular weight is 451 g/mol. The first-order valence-corrected chi connectivity index (χ1v) is 10.6. The lowest BCUT2D eigenvalue weighted by Gasteiger charge is -2.32. The Hall–Kier alpha value is -3.41. The third-order valence-corrected chi connectivity index (χ3v) is 6.15. The van der Waals surface area contributed by atoms with E-state index in [4.69, 9.17) is 0 Å². The molecule has 12 heteroatoms. The molecule has 0 spiro atoms. The van der Waals surface area contributed by atoms with Gasteiger partial charge in [-0.05, 0) is 43.3 Å². The van der Waals surface area contributed by atoms with Crippen molar-refractivity contribution in [2.24, 2.45) is 0 Å². The number of amides is 1. The Labute approximate surface area is 175 Å². The highest BCUT2D eigenvalue weighted by atomic mass is 32.2. The summed E-state index contributed by atoms with van der Waals surface area (Å²) in [6.07, 6.45) is -0.673. The molecule has 1 aliphatic heterocycles. The summed E-state index contributed by atoms with van der Waals surface area (Å²) >= 11 is 0. The molecule has 0 unspecified atom stereocenters. The predicted molar refractivity (Wildman–Crippen MR) is 105 cm³/mol. The summed E-state index contributed by atoms with van der Waals surface area (Å²) in [5.41, 5.74) is -0.606. The highest BCUT2D eigenvalue weighted by Crippen LogP contribution is 2.34. The Bertz CT molecular complexity index is 1220. The van der Waals surface area contributed by atoms with Crippen LogP contribution in [0.2, 0.25) is 0 Å². The molecule has 31 heavy (non-hydrogen) atoms. The molecule has 0 saturated heterocycles. The summed E-state index contributed by atoms with van der Waals surface area (Å²) in [5.74, 6) is -0.584. The number of benzene rings is 1. The van der Waals surface area contributed by atoms with E-state index >= 15 is 0 Å². The zero-order valence-corrected chi connectivity index (χ0v) is 16.9. The van der Waals surface area contributed by atoms with Crippen molar-refractivity contribution in [1.82, 2.24) is 14.8 Å². The standard InChI is InChI=1S/C19H16F3N5O3S/c1-12-11-26(14-6-4-13(5-7-14)19(20,21)22)18(28)17-16(10-24-27(12)17)25-31(29,30)15-3-2-8-23-9-15/h2-10,12,25H,11H2,1H3/t12-/m0/s1. The van der Waals surface area contributed by atoms with Crippen molar-refractivity contribution in [3.63, 3.8) is 0 Å². The molecular formula is C19H16F3N5O3S. The van der Waals surface area contributed by atoms with Crippen LogP contribution in [-0.2, 0) is 16.2 Å². The highest BCUT2D eigenvalue weighted by molar-refractivity contribution is 7.92. The van der Waals surface area contributed by atoms with Gasteiger partial charge in [0.05, 0.1) is 23.5 Å². The zero-order chi connectivity index (χ0) is 22.4. The Balaban J connectivity index is 1.68. The monoisotopic (exact) mass is 451 g/mol. The minimum absolute atomic E-state index is 0.00823. The van der Waals surface area contributed by atoms with Gasteiger partial charge in [0.25, 0.3) is 15.9 Å². The number of nitrogens with one attached hydrogen (secondary N) is 1. The Morgan fingerprint density at radius 2 is 1.84 bits per heavy atom. The van der Waals surface area contributed by atoms with Gasteiger partial charge >= 0.3 is 6.18 Å². The van der Waals surface area contributed by atoms with Gasteiger partial charge in [-0.2, -0.15) is 18.3 Å². The smallest absolute Gasteiger partial charge is 0.305 e. The van der Waals surface area contributed by atoms with E-state index in [1.165, 1.54) is 46.2 Å². The molecule has 0 radical (unpaired) electrons. The van der Waals surface area contributed by atoms with Crippen LogP contribution in [0.15, 0.2) is 59.9 Å². The number of hydrogen-bond donors (Lipinski definition) is 1. The van der Waals surface area contributed by atoms with Crippen molar-refractivity contribution in [3.8, 4) is 0 Å². The molecule has 1 amide bonds. The molecule has 1 aromatic carbocycles. The summed E-state index contributed by atoms with van der Waals surface area (Å²) in [4.78, 5) is 18.1. The molecule has 0 bridgehead atoms. The lowest BCUT2D eigenvalue weighted by atomic mass is 10.1. The van der Waals surface area contributed by atoms with E-state index in [0.717, 1.165) is 18.3 Å². The molecule has 162 valence electrons. The van der Waals surface area contributed by atoms with Crippen LogP contribution in [-0.4, -0.2) is 35.6 Å². The quantitative estimate of drug-likeness (QED) is 0.657. The number of rotatable bonds is 4. The largest absolute Gasteiger partial charge is 0.416 e. The molecule has 3 aromatic rings. The summed E-state index contributed by atoms with van der Waals surface area (Å²) in [6.45, 7) is 1.92. The highest BCUT2D eigenvalue weighted by Gasteiger charge is 2.35. The Morgan fingerprint density at radius 3 is 2.45 bits per heavy atom. The molecule has 0 saturated carbocycles. The van der Waals surface area contributed by atoms with Crippen LogP contribution >= 0.6 is 0 Å². The lowest BCUT2D eigenvalue weighted by molar-refractivity contribution is -0.137. The van der Waals surface area contributed by atoms with Crippen LogP contribution in [0.5, 0.6) is 0 Å². The van der Waals surface area contributed by atoms with Crippen LogP contribution in [0.1, 0.15) is 29.0 Å². The maximum atomic E-state index is 13.1. The third-order valence-electron chi connectivity index (χ3n) is 4.80. The number of carbonyl (C=O) groups excluding carboxylic acids is 1. The first-order chi connectivity index (χ1) is 14.6. The van der Waals surface area contributed by atoms with Crippen molar-refractivity contribution in [3.05, 3.63) is 66.2 Å². The van der Waals surface area contributed by atoms with E-state index < -0.39 is 27.7 Å². The van der Waals surface area contributed by atoms with E-state index in [1.54, 1.807) is 6.92 Å². The number of sulfonamides is 1. The number of fused-ring (bicyclic) bond motifs is 1. The molecule has 1 aliphatic rings. The zero-order valence-electron chi connectivity index (χ0n) is 16.0. The molecule has 8 nitrogen and oxygen atoms in total. The van der Waals surface area contributed by atoms with Gasteiger partial charge in [0, 0.05) is 24.6 Å². The Morgan fingerprint density at radius 1 is 1.13 bits per heavy atom. The van der Waals surface area contributed by atoms with Crippen LogP contribution < -0.4 is 9.62 Å². The number of pyridine rings is 1. The van der Waals surface area contributed by atoms with Crippen molar-refractivity contribution in [2.75, 3.05) is 16.2 Å². The molecule has 3 heterocycles. The van der Waals surface area contributed by atoms with E-state index in [1.807, 2.05) is 0 Å². The fraction of sp³-hybridized carbons (Fsp3) is 0.211. The van der Waals surface area contributed by atoms with Crippen molar-refractivity contribution < 1.29 is 26.4 Å². The van der Waals surface area contributed by atoms with Gasteiger partial charge in [-0.1, -0.05) is 0 Å². The third kappa shape index (κ3) is 3.85. The topological polar surface area (TPSA) is 97.2 Å². The van der Waals surface area contributed by atoms with Gasteiger partial charge in [-0.25, -0.2) is 8.42 Å². The van der Waals surface area contributed by atoms with Gasteiger partial charge in [0.2, 0.25) is 0 Å². The number of anilines is 2. The molecule has 4 rings (SSSR count). The van der Waals surface area contributed by atoms with E-state index in [-0.39, 0.29) is 34.6 Å². The number of carbonyl (C=O) groups is 1. The number of halogens is 3. The fourth-order valence-corrected chi connectivity index (χ4v) is 4.31. The van der Waals surface area contributed by atoms with Gasteiger partial charge in [-0.3, -0.25) is 19.2 Å². The minimum atomic E-state index is -4.49. The number of aromatic nitrogens is 3. The van der Waals surface area contributed by atoms with Crippen molar-refractivity contribution in [1.29, 1.82) is 0 Å². The first-order valence-electron chi connectivity index (χ1n) is 9.07. The maximum absolute atomic E-state index is 13.1. The maximum Gasteiger partial charge on any atom is 0.416 e. The van der Waals surface area contributed by atoms with Gasteiger partial charge in [0.1, 0.15) is 4.90 Å². The molecule has 0 fully saturated rings. The lowest BCUT2D eigenvalue weighted by Crippen LogP contribution is -2.43. The van der Waals surface area contributed by atoms with E-state index in [2.05, 4.69) is 14.8 Å². The second-order valence-electron chi connectivity index (χ2n) is 6.96. The second-order valence-corrected chi connectivity index (χ2v) is 8.64. The molecule has 2 aromatic heterocycles. The molecule has 1 N–H and O–H groups in total. The van der Waals surface area contributed by atoms with E-state index in [9.17, 15) is 26.4 Å². The number of hydrogen-bond acceptors (Lipinski definition) is 5. The van der Waals surface area contributed by atoms with Gasteiger partial charge in [0.15, 0.2) is 5.69 Å². The Kier molecular flexibility index (Phi) is 4.96. The number of nitrogens with zero attached hydrogens (tertiary/aromatic N) is 4. The van der Waals surface area contributed by atoms with Crippen LogP contribution in [0.3, 0.4) is 0 Å². The van der Waals surface area contributed by atoms with Crippen LogP contribution in [0.4, 0.5) is 24.5 Å². The molecule has 0 aliphatic carbocycles. The summed E-state index contributed by atoms with van der Waals surface area (Å²) in [6, 6.07) is 6.67. The van der Waals surface area contributed by atoms with Crippen LogP contribution in [0, 0.1) is 0 Å². The van der Waals surface area contributed by atoms with E-state index in [0.29, 0.717) is 0 Å². The average Bonchev–Trinajstić information content (AvgIpc) is 3.15. The second kappa shape index (κ2) is 7.38. The molecular weight excluding hydrogens is 435 g/mol. The fourth-order valence-electron chi connectivity index (χ4n) is 3.30. The normalized spacial score (nSPS) is 16.8. The molecule has 1 atom stereocenters.